The second-order valence-corrected chi connectivity index (χ2v) is 6.29. The van der Waals surface area contributed by atoms with E-state index >= 15 is 0 Å². The molecule has 5 heteroatoms. The molecule has 3 aromatic rings. The van der Waals surface area contributed by atoms with Crippen molar-refractivity contribution in [3.63, 3.8) is 0 Å². The molecule has 0 aliphatic heterocycles. The average molecular weight is 382 g/mol. The zero-order valence-electron chi connectivity index (χ0n) is 14.9. The third-order valence-corrected chi connectivity index (χ3v) is 4.23. The molecule has 0 heterocycles. The summed E-state index contributed by atoms with van der Waals surface area (Å²) in [5, 5.41) is 3.33. The van der Waals surface area contributed by atoms with Crippen LogP contribution in [-0.4, -0.2) is 19.6 Å². The van der Waals surface area contributed by atoms with Crippen LogP contribution >= 0.6 is 11.6 Å². The van der Waals surface area contributed by atoms with Gasteiger partial charge in [-0.25, -0.2) is 0 Å². The van der Waals surface area contributed by atoms with Gasteiger partial charge >= 0.3 is 0 Å². The van der Waals surface area contributed by atoms with E-state index in [4.69, 9.17) is 21.1 Å². The van der Waals surface area contributed by atoms with Gasteiger partial charge in [0.25, 0.3) is 0 Å². The molecule has 27 heavy (non-hydrogen) atoms. The molecular formula is C22H20ClNO3. The first kappa shape index (κ1) is 18.8. The number of para-hydroxylation sites is 1. The normalized spacial score (nSPS) is 10.3. The van der Waals surface area contributed by atoms with E-state index in [0.29, 0.717) is 16.5 Å². The van der Waals surface area contributed by atoms with Gasteiger partial charge in [0, 0.05) is 10.6 Å². The molecule has 0 aliphatic carbocycles. The van der Waals surface area contributed by atoms with Crippen LogP contribution in [0.2, 0.25) is 5.02 Å². The molecule has 0 bridgehead atoms. The molecule has 4 nitrogen and oxygen atoms in total. The average Bonchev–Trinajstić information content (AvgIpc) is 2.69. The van der Waals surface area contributed by atoms with Gasteiger partial charge in [0.05, 0.1) is 25.8 Å². The molecule has 0 saturated heterocycles. The maximum absolute atomic E-state index is 12.2. The molecule has 0 aliphatic rings. The zero-order valence-corrected chi connectivity index (χ0v) is 15.7. The summed E-state index contributed by atoms with van der Waals surface area (Å²) in [5.74, 6) is 1.13. The largest absolute Gasteiger partial charge is 0.495 e. The second kappa shape index (κ2) is 9.10. The Balaban J connectivity index is 1.61. The Hall–Kier alpha value is -2.98. The van der Waals surface area contributed by atoms with E-state index in [9.17, 15) is 4.79 Å². The summed E-state index contributed by atoms with van der Waals surface area (Å²) in [7, 11) is 1.54. The lowest BCUT2D eigenvalue weighted by Crippen LogP contribution is -2.15. The maximum Gasteiger partial charge on any atom is 0.227 e. The van der Waals surface area contributed by atoms with Crippen molar-refractivity contribution in [2.24, 2.45) is 0 Å². The number of rotatable bonds is 7. The summed E-state index contributed by atoms with van der Waals surface area (Å²) in [5.41, 5.74) is 2.61. The third-order valence-electron chi connectivity index (χ3n) is 3.99. The molecule has 0 unspecified atom stereocenters. The Bertz CT molecular complexity index is 912. The van der Waals surface area contributed by atoms with Crippen LogP contribution in [0.5, 0.6) is 11.5 Å². The molecule has 0 aromatic heterocycles. The number of amides is 1. The van der Waals surface area contributed by atoms with Crippen LogP contribution in [0.4, 0.5) is 5.69 Å². The predicted molar refractivity (Wildman–Crippen MR) is 109 cm³/mol. The van der Waals surface area contributed by atoms with Crippen LogP contribution in [-0.2, 0) is 4.79 Å². The van der Waals surface area contributed by atoms with Gasteiger partial charge in [-0.1, -0.05) is 60.1 Å². The van der Waals surface area contributed by atoms with Gasteiger partial charge in [0.1, 0.15) is 11.5 Å². The highest BCUT2D eigenvalue weighted by Gasteiger charge is 2.10. The third kappa shape index (κ3) is 5.02. The highest BCUT2D eigenvalue weighted by Crippen LogP contribution is 2.30. The Labute approximate surface area is 163 Å². The standard InChI is InChI=1S/C22H20ClNO3/c1-26-21-12-11-17(23)15-19(21)24-22(25)13-14-27-20-10-6-5-9-18(20)16-7-3-2-4-8-16/h2-12,15H,13-14H2,1H3,(H,24,25). The Morgan fingerprint density at radius 2 is 1.70 bits per heavy atom. The number of hydrogen-bond acceptors (Lipinski definition) is 3. The first-order valence-electron chi connectivity index (χ1n) is 8.58. The van der Waals surface area contributed by atoms with Gasteiger partial charge < -0.3 is 14.8 Å². The predicted octanol–water partition coefficient (Wildman–Crippen LogP) is 5.42. The monoisotopic (exact) mass is 381 g/mol. The summed E-state index contributed by atoms with van der Waals surface area (Å²) < 4.78 is 11.1. The van der Waals surface area contributed by atoms with Crippen LogP contribution in [0.1, 0.15) is 6.42 Å². The summed E-state index contributed by atoms with van der Waals surface area (Å²) in [6.07, 6.45) is 0.207. The smallest absolute Gasteiger partial charge is 0.227 e. The zero-order chi connectivity index (χ0) is 19.1. The minimum Gasteiger partial charge on any atom is -0.495 e. The van der Waals surface area contributed by atoms with Crippen molar-refractivity contribution in [2.75, 3.05) is 19.0 Å². The summed E-state index contributed by atoms with van der Waals surface area (Å²) in [6, 6.07) is 22.9. The number of carbonyl (C=O) groups excluding carboxylic acids is 1. The van der Waals surface area contributed by atoms with E-state index in [-0.39, 0.29) is 18.9 Å². The maximum atomic E-state index is 12.2. The summed E-state index contributed by atoms with van der Waals surface area (Å²) in [6.45, 7) is 0.262. The van der Waals surface area contributed by atoms with Crippen LogP contribution in [0.3, 0.4) is 0 Å². The van der Waals surface area contributed by atoms with E-state index < -0.39 is 0 Å². The minimum atomic E-state index is -0.173. The highest BCUT2D eigenvalue weighted by atomic mass is 35.5. The van der Waals surface area contributed by atoms with Crippen molar-refractivity contribution in [1.82, 2.24) is 0 Å². The molecule has 0 radical (unpaired) electrons. The molecular weight excluding hydrogens is 362 g/mol. The summed E-state index contributed by atoms with van der Waals surface area (Å²) in [4.78, 5) is 12.2. The molecule has 0 atom stereocenters. The Morgan fingerprint density at radius 1 is 0.963 bits per heavy atom. The number of anilines is 1. The van der Waals surface area contributed by atoms with Crippen LogP contribution in [0.15, 0.2) is 72.8 Å². The molecule has 0 saturated carbocycles. The van der Waals surface area contributed by atoms with Gasteiger partial charge in [0.2, 0.25) is 5.91 Å². The van der Waals surface area contributed by atoms with E-state index in [2.05, 4.69) is 5.32 Å². The van der Waals surface area contributed by atoms with Gasteiger partial charge in [-0.15, -0.1) is 0 Å². The molecule has 138 valence electrons. The molecule has 3 rings (SSSR count). The van der Waals surface area contributed by atoms with E-state index in [1.54, 1.807) is 25.3 Å². The van der Waals surface area contributed by atoms with Gasteiger partial charge in [0.15, 0.2) is 0 Å². The SMILES string of the molecule is COc1ccc(Cl)cc1NC(=O)CCOc1ccccc1-c1ccccc1. The molecule has 1 amide bonds. The van der Waals surface area contributed by atoms with Crippen LogP contribution < -0.4 is 14.8 Å². The Morgan fingerprint density at radius 3 is 2.48 bits per heavy atom. The van der Waals surface area contributed by atoms with Crippen LogP contribution in [0.25, 0.3) is 11.1 Å². The number of nitrogens with one attached hydrogen (secondary N) is 1. The first-order chi connectivity index (χ1) is 13.2. The number of benzene rings is 3. The van der Waals surface area contributed by atoms with Crippen molar-refractivity contribution < 1.29 is 14.3 Å². The molecule has 0 spiro atoms. The van der Waals surface area contributed by atoms with Crippen molar-refractivity contribution in [3.8, 4) is 22.6 Å². The second-order valence-electron chi connectivity index (χ2n) is 5.85. The number of ether oxygens (including phenoxy) is 2. The van der Waals surface area contributed by atoms with Gasteiger partial charge in [-0.2, -0.15) is 0 Å². The van der Waals surface area contributed by atoms with Crippen molar-refractivity contribution in [1.29, 1.82) is 0 Å². The summed E-state index contributed by atoms with van der Waals surface area (Å²) >= 11 is 5.99. The van der Waals surface area contributed by atoms with Crippen molar-refractivity contribution in [2.45, 2.75) is 6.42 Å². The highest BCUT2D eigenvalue weighted by molar-refractivity contribution is 6.31. The fraction of sp³-hybridized carbons (Fsp3) is 0.136. The molecule has 1 N–H and O–H groups in total. The topological polar surface area (TPSA) is 47.6 Å². The quantitative estimate of drug-likeness (QED) is 0.594. The molecule has 3 aromatic carbocycles. The minimum absolute atomic E-state index is 0.173. The lowest BCUT2D eigenvalue weighted by molar-refractivity contribution is -0.116. The van der Waals surface area contributed by atoms with E-state index in [0.717, 1.165) is 16.9 Å². The fourth-order valence-corrected chi connectivity index (χ4v) is 2.87. The first-order valence-corrected chi connectivity index (χ1v) is 8.96. The fourth-order valence-electron chi connectivity index (χ4n) is 2.69. The van der Waals surface area contributed by atoms with Crippen molar-refractivity contribution in [3.05, 3.63) is 77.8 Å². The van der Waals surface area contributed by atoms with Gasteiger partial charge in [-0.05, 0) is 29.8 Å². The number of hydrogen-bond donors (Lipinski definition) is 1. The lowest BCUT2D eigenvalue weighted by Gasteiger charge is -2.13. The Kier molecular flexibility index (Phi) is 6.34. The van der Waals surface area contributed by atoms with E-state index in [1.165, 1.54) is 0 Å². The van der Waals surface area contributed by atoms with Crippen LogP contribution in [0, 0.1) is 0 Å². The number of halogens is 1. The van der Waals surface area contributed by atoms with Gasteiger partial charge in [-0.3, -0.25) is 4.79 Å². The number of carbonyl (C=O) groups is 1. The lowest BCUT2D eigenvalue weighted by atomic mass is 10.1. The van der Waals surface area contributed by atoms with Crippen molar-refractivity contribution >= 4 is 23.2 Å². The van der Waals surface area contributed by atoms with E-state index in [1.807, 2.05) is 54.6 Å². The number of methoxy groups -OCH3 is 1. The molecule has 0 fully saturated rings.